The molecule has 0 radical (unpaired) electrons. The van der Waals surface area contributed by atoms with Crippen molar-refractivity contribution >= 4 is 16.9 Å². The van der Waals surface area contributed by atoms with Crippen LogP contribution in [0.15, 0.2) is 16.5 Å². The van der Waals surface area contributed by atoms with E-state index in [1.165, 1.54) is 12.1 Å². The van der Waals surface area contributed by atoms with E-state index in [1.807, 2.05) is 14.1 Å². The van der Waals surface area contributed by atoms with Gasteiger partial charge in [0.25, 0.3) is 0 Å². The van der Waals surface area contributed by atoms with E-state index in [0.717, 1.165) is 36.0 Å². The van der Waals surface area contributed by atoms with Crippen molar-refractivity contribution in [3.8, 4) is 0 Å². The SMILES string of the molecule is CN(C)C1CCc2oc3cc(F)c(C(=O)O)cc3c2C1. The monoisotopic (exact) mass is 277 g/mol. The van der Waals surface area contributed by atoms with Gasteiger partial charge in [0, 0.05) is 29.5 Å². The van der Waals surface area contributed by atoms with E-state index < -0.39 is 11.8 Å². The lowest BCUT2D eigenvalue weighted by Gasteiger charge is -2.27. The molecule has 1 unspecified atom stereocenters. The van der Waals surface area contributed by atoms with Gasteiger partial charge in [-0.3, -0.25) is 0 Å². The van der Waals surface area contributed by atoms with Crippen LogP contribution < -0.4 is 0 Å². The number of carboxylic acid groups (broad SMARTS) is 1. The molecule has 1 atom stereocenters. The molecular formula is C15H16FNO3. The topological polar surface area (TPSA) is 53.7 Å². The summed E-state index contributed by atoms with van der Waals surface area (Å²) in [4.78, 5) is 13.2. The summed E-state index contributed by atoms with van der Waals surface area (Å²) in [7, 11) is 4.06. The molecule has 106 valence electrons. The predicted octanol–water partition coefficient (Wildman–Crippen LogP) is 2.69. The van der Waals surface area contributed by atoms with Crippen molar-refractivity contribution in [1.29, 1.82) is 0 Å². The number of hydrogen-bond donors (Lipinski definition) is 1. The number of aryl methyl sites for hydroxylation is 1. The quantitative estimate of drug-likeness (QED) is 0.917. The molecule has 1 aromatic carbocycles. The van der Waals surface area contributed by atoms with Crippen molar-refractivity contribution in [2.24, 2.45) is 0 Å². The van der Waals surface area contributed by atoms with Gasteiger partial charge >= 0.3 is 5.97 Å². The largest absolute Gasteiger partial charge is 0.478 e. The van der Waals surface area contributed by atoms with Crippen LogP contribution in [0.5, 0.6) is 0 Å². The number of likely N-dealkylation sites (N-methyl/N-ethyl adjacent to an activating group) is 1. The van der Waals surface area contributed by atoms with E-state index in [9.17, 15) is 9.18 Å². The molecule has 0 bridgehead atoms. The second kappa shape index (κ2) is 4.59. The Balaban J connectivity index is 2.15. The summed E-state index contributed by atoms with van der Waals surface area (Å²) in [6.07, 6.45) is 2.60. The van der Waals surface area contributed by atoms with E-state index in [4.69, 9.17) is 9.52 Å². The highest BCUT2D eigenvalue weighted by molar-refractivity contribution is 5.94. The van der Waals surface area contributed by atoms with Crippen molar-refractivity contribution in [3.63, 3.8) is 0 Å². The van der Waals surface area contributed by atoms with Gasteiger partial charge < -0.3 is 14.4 Å². The number of carbonyl (C=O) groups is 1. The average Bonchev–Trinajstić information content (AvgIpc) is 2.73. The molecule has 1 heterocycles. The zero-order valence-corrected chi connectivity index (χ0v) is 11.4. The fourth-order valence-electron chi connectivity index (χ4n) is 2.89. The Kier molecular flexibility index (Phi) is 3.01. The maximum atomic E-state index is 13.7. The lowest BCUT2D eigenvalue weighted by molar-refractivity contribution is 0.0692. The van der Waals surface area contributed by atoms with Gasteiger partial charge in [-0.25, -0.2) is 9.18 Å². The van der Waals surface area contributed by atoms with Crippen LogP contribution in [-0.2, 0) is 12.8 Å². The van der Waals surface area contributed by atoms with Gasteiger partial charge in [0.2, 0.25) is 0 Å². The van der Waals surface area contributed by atoms with Crippen LogP contribution in [0.1, 0.15) is 28.1 Å². The highest BCUT2D eigenvalue weighted by Gasteiger charge is 2.26. The number of halogens is 1. The van der Waals surface area contributed by atoms with Crippen molar-refractivity contribution in [2.75, 3.05) is 14.1 Å². The van der Waals surface area contributed by atoms with Gasteiger partial charge in [0.05, 0.1) is 5.56 Å². The minimum Gasteiger partial charge on any atom is -0.478 e. The number of fused-ring (bicyclic) bond motifs is 3. The lowest BCUT2D eigenvalue weighted by atomic mass is 9.91. The fraction of sp³-hybridized carbons (Fsp3) is 0.400. The first kappa shape index (κ1) is 13.1. The Hall–Kier alpha value is -1.88. The number of hydrogen-bond acceptors (Lipinski definition) is 3. The number of nitrogens with zero attached hydrogens (tertiary/aromatic N) is 1. The number of furan rings is 1. The van der Waals surface area contributed by atoms with Crippen LogP contribution >= 0.6 is 0 Å². The summed E-state index contributed by atoms with van der Waals surface area (Å²) in [6.45, 7) is 0. The summed E-state index contributed by atoms with van der Waals surface area (Å²) < 4.78 is 19.4. The summed E-state index contributed by atoms with van der Waals surface area (Å²) >= 11 is 0. The van der Waals surface area contributed by atoms with E-state index in [1.54, 1.807) is 0 Å². The van der Waals surface area contributed by atoms with Crippen molar-refractivity contribution in [3.05, 3.63) is 34.8 Å². The number of carboxylic acids is 1. The van der Waals surface area contributed by atoms with Crippen LogP contribution in [0.25, 0.3) is 11.0 Å². The number of rotatable bonds is 2. The highest BCUT2D eigenvalue weighted by atomic mass is 19.1. The molecule has 1 aliphatic carbocycles. The summed E-state index contributed by atoms with van der Waals surface area (Å²) in [5.41, 5.74) is 1.16. The Morgan fingerprint density at radius 1 is 1.45 bits per heavy atom. The van der Waals surface area contributed by atoms with Crippen LogP contribution in [0.4, 0.5) is 4.39 Å². The van der Waals surface area contributed by atoms with Crippen molar-refractivity contribution < 1.29 is 18.7 Å². The summed E-state index contributed by atoms with van der Waals surface area (Å²) in [6, 6.07) is 2.98. The molecule has 4 nitrogen and oxygen atoms in total. The Bertz CT molecular complexity index is 690. The van der Waals surface area contributed by atoms with Crippen molar-refractivity contribution in [1.82, 2.24) is 4.90 Å². The molecular weight excluding hydrogens is 261 g/mol. The van der Waals surface area contributed by atoms with Gasteiger partial charge in [-0.1, -0.05) is 0 Å². The van der Waals surface area contributed by atoms with Crippen LogP contribution in [-0.4, -0.2) is 36.1 Å². The molecule has 0 saturated heterocycles. The smallest absolute Gasteiger partial charge is 0.338 e. The molecule has 0 fully saturated rings. The second-order valence-corrected chi connectivity index (χ2v) is 5.50. The van der Waals surface area contributed by atoms with Gasteiger partial charge in [-0.05, 0) is 33.0 Å². The Morgan fingerprint density at radius 3 is 2.85 bits per heavy atom. The first-order chi connectivity index (χ1) is 9.47. The van der Waals surface area contributed by atoms with E-state index >= 15 is 0 Å². The standard InChI is InChI=1S/C15H16FNO3/c1-17(2)8-3-4-13-9(5-8)10-6-11(15(18)19)12(16)7-14(10)20-13/h6-8H,3-5H2,1-2H3,(H,18,19). The Labute approximate surface area is 115 Å². The molecule has 0 aliphatic heterocycles. The molecule has 1 N–H and O–H groups in total. The zero-order valence-electron chi connectivity index (χ0n) is 11.4. The maximum absolute atomic E-state index is 13.7. The number of benzene rings is 1. The predicted molar refractivity (Wildman–Crippen MR) is 72.6 cm³/mol. The average molecular weight is 277 g/mol. The molecule has 5 heteroatoms. The molecule has 2 aromatic rings. The normalized spacial score (nSPS) is 18.5. The zero-order chi connectivity index (χ0) is 14.4. The Morgan fingerprint density at radius 2 is 2.20 bits per heavy atom. The van der Waals surface area contributed by atoms with Crippen LogP contribution in [0.2, 0.25) is 0 Å². The van der Waals surface area contributed by atoms with E-state index in [2.05, 4.69) is 4.90 Å². The van der Waals surface area contributed by atoms with Gasteiger partial charge in [0.15, 0.2) is 0 Å². The molecule has 20 heavy (non-hydrogen) atoms. The molecule has 0 saturated carbocycles. The highest BCUT2D eigenvalue weighted by Crippen LogP contribution is 2.34. The molecule has 3 rings (SSSR count). The third-order valence-corrected chi connectivity index (χ3v) is 4.07. The lowest BCUT2D eigenvalue weighted by Crippen LogP contribution is -2.33. The van der Waals surface area contributed by atoms with Gasteiger partial charge in [0.1, 0.15) is 17.2 Å². The third-order valence-electron chi connectivity index (χ3n) is 4.07. The summed E-state index contributed by atoms with van der Waals surface area (Å²) in [5, 5.41) is 9.76. The van der Waals surface area contributed by atoms with Gasteiger partial charge in [-0.15, -0.1) is 0 Å². The van der Waals surface area contributed by atoms with Crippen LogP contribution in [0.3, 0.4) is 0 Å². The van der Waals surface area contributed by atoms with E-state index in [-0.39, 0.29) is 5.56 Å². The fourth-order valence-corrected chi connectivity index (χ4v) is 2.89. The molecule has 0 amide bonds. The first-order valence-electron chi connectivity index (χ1n) is 6.61. The molecule has 0 spiro atoms. The third kappa shape index (κ3) is 1.98. The van der Waals surface area contributed by atoms with E-state index in [0.29, 0.717) is 11.6 Å². The second-order valence-electron chi connectivity index (χ2n) is 5.50. The maximum Gasteiger partial charge on any atom is 0.338 e. The molecule has 1 aromatic heterocycles. The summed E-state index contributed by atoms with van der Waals surface area (Å²) in [5.74, 6) is -1.14. The van der Waals surface area contributed by atoms with Crippen LogP contribution in [0, 0.1) is 5.82 Å². The first-order valence-corrected chi connectivity index (χ1v) is 6.61. The van der Waals surface area contributed by atoms with Gasteiger partial charge in [-0.2, -0.15) is 0 Å². The number of aromatic carboxylic acids is 1. The minimum absolute atomic E-state index is 0.298. The minimum atomic E-state index is -1.25. The molecule has 1 aliphatic rings. The van der Waals surface area contributed by atoms with Crippen molar-refractivity contribution in [2.45, 2.75) is 25.3 Å².